The Labute approximate surface area is 170 Å². The molecule has 0 aliphatic heterocycles. The number of hydrogen-bond donors (Lipinski definition) is 0. The van der Waals surface area contributed by atoms with Crippen molar-refractivity contribution in [2.45, 2.75) is 26.4 Å². The molecule has 0 N–H and O–H groups in total. The van der Waals surface area contributed by atoms with Gasteiger partial charge in [0.25, 0.3) is 0 Å². The Morgan fingerprint density at radius 1 is 1.14 bits per heavy atom. The molecule has 0 atom stereocenters. The molecule has 0 fully saturated rings. The number of amides is 1. The first kappa shape index (κ1) is 20.3. The highest BCUT2D eigenvalue weighted by Crippen LogP contribution is 2.25. The van der Waals surface area contributed by atoms with Crippen molar-refractivity contribution in [3.8, 4) is 11.5 Å². The monoisotopic (exact) mass is 390 g/mol. The van der Waals surface area contributed by atoms with Gasteiger partial charge in [-0.15, -0.1) is 0 Å². The Hall–Kier alpha value is -3.47. The molecule has 0 saturated heterocycles. The van der Waals surface area contributed by atoms with Crippen molar-refractivity contribution >= 4 is 12.0 Å². The summed E-state index contributed by atoms with van der Waals surface area (Å²) in [5.74, 6) is -0.0684. The van der Waals surface area contributed by atoms with Crippen molar-refractivity contribution in [3.05, 3.63) is 96.1 Å². The van der Waals surface area contributed by atoms with E-state index >= 15 is 0 Å². The van der Waals surface area contributed by atoms with Crippen LogP contribution in [0.5, 0.6) is 11.5 Å². The molecule has 0 spiro atoms. The van der Waals surface area contributed by atoms with E-state index in [0.717, 1.165) is 5.56 Å². The van der Waals surface area contributed by atoms with Gasteiger partial charge in [-0.25, -0.2) is 4.39 Å². The van der Waals surface area contributed by atoms with Crippen LogP contribution >= 0.6 is 0 Å². The van der Waals surface area contributed by atoms with Crippen LogP contribution < -0.4 is 4.74 Å². The van der Waals surface area contributed by atoms with Gasteiger partial charge < -0.3 is 9.64 Å². The zero-order valence-corrected chi connectivity index (χ0v) is 16.5. The minimum absolute atomic E-state index is 0.0411. The molecule has 1 aromatic heterocycles. The lowest BCUT2D eigenvalue weighted by atomic mass is 10.1. The summed E-state index contributed by atoms with van der Waals surface area (Å²) in [6, 6.07) is 17.9. The molecular formula is C24H23FN2O2. The highest BCUT2D eigenvalue weighted by molar-refractivity contribution is 5.92. The van der Waals surface area contributed by atoms with Crippen molar-refractivity contribution in [1.82, 2.24) is 9.88 Å². The predicted octanol–water partition coefficient (Wildman–Crippen LogP) is 5.46. The first-order valence-electron chi connectivity index (χ1n) is 9.43. The molecule has 1 heterocycles. The molecule has 0 aliphatic rings. The van der Waals surface area contributed by atoms with Crippen LogP contribution in [0.25, 0.3) is 6.08 Å². The lowest BCUT2D eigenvalue weighted by Gasteiger charge is -2.25. The third kappa shape index (κ3) is 5.75. The fraction of sp³-hybridized carbons (Fsp3) is 0.167. The van der Waals surface area contributed by atoms with Crippen LogP contribution in [-0.2, 0) is 11.3 Å². The summed E-state index contributed by atoms with van der Waals surface area (Å²) < 4.78 is 19.8. The van der Waals surface area contributed by atoms with E-state index in [9.17, 15) is 9.18 Å². The number of carbonyl (C=O) groups is 1. The minimum Gasteiger partial charge on any atom is -0.453 e. The van der Waals surface area contributed by atoms with Crippen LogP contribution in [0.2, 0.25) is 0 Å². The highest BCUT2D eigenvalue weighted by atomic mass is 19.1. The molecule has 29 heavy (non-hydrogen) atoms. The first-order valence-corrected chi connectivity index (χ1v) is 9.43. The maximum absolute atomic E-state index is 14.4. The molecule has 0 unspecified atom stereocenters. The van der Waals surface area contributed by atoms with Crippen LogP contribution in [-0.4, -0.2) is 21.8 Å². The van der Waals surface area contributed by atoms with Crippen LogP contribution in [0.4, 0.5) is 4.39 Å². The second-order valence-corrected chi connectivity index (χ2v) is 6.86. The average molecular weight is 390 g/mol. The van der Waals surface area contributed by atoms with E-state index in [4.69, 9.17) is 4.74 Å². The molecule has 0 saturated carbocycles. The lowest BCUT2D eigenvalue weighted by molar-refractivity contribution is -0.128. The Kier molecular flexibility index (Phi) is 6.74. The highest BCUT2D eigenvalue weighted by Gasteiger charge is 2.15. The number of aromatic nitrogens is 1. The number of nitrogens with zero attached hydrogens (tertiary/aromatic N) is 2. The van der Waals surface area contributed by atoms with Crippen LogP contribution in [0.1, 0.15) is 25.0 Å². The molecule has 5 heteroatoms. The van der Waals surface area contributed by atoms with Gasteiger partial charge in [-0.05, 0) is 55.3 Å². The van der Waals surface area contributed by atoms with E-state index in [1.54, 1.807) is 35.4 Å². The molecule has 148 valence electrons. The Balaban J connectivity index is 1.69. The molecule has 0 aliphatic carbocycles. The van der Waals surface area contributed by atoms with Crippen LogP contribution in [0.3, 0.4) is 0 Å². The number of hydrogen-bond acceptors (Lipinski definition) is 3. The second-order valence-electron chi connectivity index (χ2n) is 6.86. The van der Waals surface area contributed by atoms with E-state index in [1.807, 2.05) is 44.2 Å². The molecule has 1 amide bonds. The normalized spacial score (nSPS) is 11.0. The van der Waals surface area contributed by atoms with E-state index in [2.05, 4.69) is 4.98 Å². The Morgan fingerprint density at radius 2 is 1.93 bits per heavy atom. The van der Waals surface area contributed by atoms with E-state index in [0.29, 0.717) is 17.9 Å². The van der Waals surface area contributed by atoms with Crippen molar-refractivity contribution < 1.29 is 13.9 Å². The summed E-state index contributed by atoms with van der Waals surface area (Å²) in [7, 11) is 0. The number of pyridine rings is 1. The number of rotatable bonds is 7. The molecule has 3 rings (SSSR count). The fourth-order valence-corrected chi connectivity index (χ4v) is 2.80. The van der Waals surface area contributed by atoms with Crippen molar-refractivity contribution in [2.24, 2.45) is 0 Å². The summed E-state index contributed by atoms with van der Waals surface area (Å²) >= 11 is 0. The molecule has 4 nitrogen and oxygen atoms in total. The molecule has 0 radical (unpaired) electrons. The quantitative estimate of drug-likeness (QED) is 0.503. The summed E-state index contributed by atoms with van der Waals surface area (Å²) in [6.45, 7) is 4.46. The number of benzene rings is 2. The first-order chi connectivity index (χ1) is 14.0. The topological polar surface area (TPSA) is 42.4 Å². The zero-order chi connectivity index (χ0) is 20.6. The molecular weight excluding hydrogens is 367 g/mol. The minimum atomic E-state index is -0.506. The van der Waals surface area contributed by atoms with Gasteiger partial charge in [0, 0.05) is 24.9 Å². The maximum Gasteiger partial charge on any atom is 0.247 e. The molecule has 0 bridgehead atoms. The maximum atomic E-state index is 14.4. The summed E-state index contributed by atoms with van der Waals surface area (Å²) in [4.78, 5) is 18.4. The summed E-state index contributed by atoms with van der Waals surface area (Å²) in [5.41, 5.74) is 1.64. The third-order valence-corrected chi connectivity index (χ3v) is 4.34. The van der Waals surface area contributed by atoms with E-state index < -0.39 is 5.82 Å². The van der Waals surface area contributed by atoms with Gasteiger partial charge >= 0.3 is 0 Å². The second kappa shape index (κ2) is 9.64. The van der Waals surface area contributed by atoms with Gasteiger partial charge in [0.1, 0.15) is 5.75 Å². The standard InChI is InChI=1S/C24H23FN2O2/c1-18(2)27(17-20-7-4-3-5-8-20)24(28)13-11-19-10-12-23(22(25)15-19)29-21-9-6-14-26-16-21/h3-16,18H,17H2,1-2H3/b13-11+. The van der Waals surface area contributed by atoms with Gasteiger partial charge in [0.05, 0.1) is 6.20 Å². The zero-order valence-electron chi connectivity index (χ0n) is 16.5. The number of ether oxygens (including phenoxy) is 1. The third-order valence-electron chi connectivity index (χ3n) is 4.34. The van der Waals surface area contributed by atoms with Gasteiger partial charge in [0.15, 0.2) is 11.6 Å². The largest absolute Gasteiger partial charge is 0.453 e. The van der Waals surface area contributed by atoms with E-state index in [1.165, 1.54) is 24.4 Å². The van der Waals surface area contributed by atoms with Crippen molar-refractivity contribution in [3.63, 3.8) is 0 Å². The van der Waals surface area contributed by atoms with Crippen molar-refractivity contribution in [1.29, 1.82) is 0 Å². The van der Waals surface area contributed by atoms with E-state index in [-0.39, 0.29) is 17.7 Å². The van der Waals surface area contributed by atoms with Gasteiger partial charge in [-0.1, -0.05) is 36.4 Å². The number of carbonyl (C=O) groups excluding carboxylic acids is 1. The van der Waals surface area contributed by atoms with Gasteiger partial charge in [0.2, 0.25) is 5.91 Å². The molecule has 2 aromatic carbocycles. The van der Waals surface area contributed by atoms with Crippen LogP contribution in [0.15, 0.2) is 79.1 Å². The van der Waals surface area contributed by atoms with Crippen molar-refractivity contribution in [2.75, 3.05) is 0 Å². The fourth-order valence-electron chi connectivity index (χ4n) is 2.80. The Morgan fingerprint density at radius 3 is 2.59 bits per heavy atom. The van der Waals surface area contributed by atoms with Crippen LogP contribution in [0, 0.1) is 5.82 Å². The van der Waals surface area contributed by atoms with Gasteiger partial charge in [-0.3, -0.25) is 9.78 Å². The predicted molar refractivity (Wildman–Crippen MR) is 112 cm³/mol. The molecule has 3 aromatic rings. The SMILES string of the molecule is CC(C)N(Cc1ccccc1)C(=O)/C=C/c1ccc(Oc2cccnc2)c(F)c1. The average Bonchev–Trinajstić information content (AvgIpc) is 2.73. The lowest BCUT2D eigenvalue weighted by Crippen LogP contribution is -2.35. The Bertz CT molecular complexity index is 973. The summed E-state index contributed by atoms with van der Waals surface area (Å²) in [5, 5.41) is 0. The number of halogens is 1. The summed E-state index contributed by atoms with van der Waals surface area (Å²) in [6.07, 6.45) is 6.21. The smallest absolute Gasteiger partial charge is 0.247 e. The van der Waals surface area contributed by atoms with Gasteiger partial charge in [-0.2, -0.15) is 0 Å².